The van der Waals surface area contributed by atoms with E-state index in [1.54, 1.807) is 31.4 Å². The van der Waals surface area contributed by atoms with Crippen molar-refractivity contribution in [3.8, 4) is 5.75 Å². The van der Waals surface area contributed by atoms with E-state index >= 15 is 0 Å². The molecule has 0 radical (unpaired) electrons. The molecule has 38 heavy (non-hydrogen) atoms. The average Bonchev–Trinajstić information content (AvgIpc) is 3.37. The number of carbonyl (C=O) groups excluding carboxylic acids is 1. The number of halogens is 3. The normalized spacial score (nSPS) is 20.7. The number of morpholine rings is 1. The van der Waals surface area contributed by atoms with Crippen LogP contribution in [0.2, 0.25) is 0 Å². The maximum atomic E-state index is 14.0. The maximum absolute atomic E-state index is 14.0. The second-order valence-electron chi connectivity index (χ2n) is 9.40. The second-order valence-corrected chi connectivity index (χ2v) is 9.40. The van der Waals surface area contributed by atoms with Crippen LogP contribution in [0.4, 0.5) is 19.0 Å². The Morgan fingerprint density at radius 2 is 1.87 bits per heavy atom. The van der Waals surface area contributed by atoms with Crippen LogP contribution in [-0.2, 0) is 4.74 Å². The van der Waals surface area contributed by atoms with Gasteiger partial charge in [-0.2, -0.15) is 18.3 Å². The van der Waals surface area contributed by atoms with Crippen molar-refractivity contribution in [2.75, 3.05) is 45.3 Å². The number of methoxy groups -OCH3 is 1. The molecule has 0 aliphatic carbocycles. The molecule has 0 spiro atoms. The molecule has 1 aromatic heterocycles. The van der Waals surface area contributed by atoms with E-state index in [0.29, 0.717) is 31.9 Å². The lowest BCUT2D eigenvalue weighted by Gasteiger charge is -2.35. The lowest BCUT2D eigenvalue weighted by molar-refractivity contribution is -0.173. The van der Waals surface area contributed by atoms with Gasteiger partial charge in [0.05, 0.1) is 38.6 Å². The fourth-order valence-electron chi connectivity index (χ4n) is 5.09. The van der Waals surface area contributed by atoms with E-state index in [9.17, 15) is 18.0 Å². The molecule has 8 nitrogen and oxygen atoms in total. The molecule has 202 valence electrons. The number of benzene rings is 2. The fourth-order valence-corrected chi connectivity index (χ4v) is 5.09. The molecular weight excluding hydrogens is 499 g/mol. The highest BCUT2D eigenvalue weighted by molar-refractivity contribution is 5.99. The molecule has 1 saturated heterocycles. The van der Waals surface area contributed by atoms with E-state index in [1.165, 1.54) is 6.20 Å². The van der Waals surface area contributed by atoms with Crippen molar-refractivity contribution in [3.05, 3.63) is 77.5 Å². The standard InChI is InChI=1S/C27H30F3N5O3/c1-37-20-9-7-19(8-10-20)23(34-11-13-38-14-12-34)17-31-26(36)21-16-32-35-24(27(28,29)30)15-22(33-25(21)35)18-5-3-2-4-6-18/h2-10,16,22-24,33H,11-15,17H2,1H3,(H,31,36). The number of hydrogen-bond donors (Lipinski definition) is 2. The summed E-state index contributed by atoms with van der Waals surface area (Å²) in [4.78, 5) is 15.6. The molecule has 3 heterocycles. The number of amides is 1. The Balaban J connectivity index is 1.38. The second kappa shape index (κ2) is 11.0. The number of hydrogen-bond acceptors (Lipinski definition) is 6. The van der Waals surface area contributed by atoms with Crippen LogP contribution < -0.4 is 15.4 Å². The SMILES string of the molecule is COc1ccc(C(CNC(=O)c2cnn3c2NC(c2ccccc2)CC3C(F)(F)F)N2CCOCC2)cc1. The van der Waals surface area contributed by atoms with Gasteiger partial charge in [-0.25, -0.2) is 4.68 Å². The minimum atomic E-state index is -4.51. The predicted molar refractivity (Wildman–Crippen MR) is 135 cm³/mol. The molecule has 1 amide bonds. The highest BCUT2D eigenvalue weighted by Crippen LogP contribution is 2.44. The first-order valence-electron chi connectivity index (χ1n) is 12.5. The van der Waals surface area contributed by atoms with Gasteiger partial charge in [0.2, 0.25) is 0 Å². The molecule has 1 fully saturated rings. The van der Waals surface area contributed by atoms with Crippen LogP contribution in [0, 0.1) is 0 Å². The average molecular weight is 530 g/mol. The number of carbonyl (C=O) groups is 1. The van der Waals surface area contributed by atoms with Gasteiger partial charge in [0, 0.05) is 26.1 Å². The molecule has 5 rings (SSSR count). The molecule has 11 heteroatoms. The van der Waals surface area contributed by atoms with Crippen LogP contribution in [0.1, 0.15) is 46.0 Å². The van der Waals surface area contributed by atoms with Crippen molar-refractivity contribution in [2.45, 2.75) is 30.7 Å². The summed E-state index contributed by atoms with van der Waals surface area (Å²) in [6.45, 7) is 2.83. The number of rotatable bonds is 7. The van der Waals surface area contributed by atoms with Gasteiger partial charge in [-0.1, -0.05) is 42.5 Å². The largest absolute Gasteiger partial charge is 0.497 e. The summed E-state index contributed by atoms with van der Waals surface area (Å²) in [6, 6.07) is 14.0. The first kappa shape index (κ1) is 26.1. The molecule has 2 aromatic carbocycles. The minimum Gasteiger partial charge on any atom is -0.497 e. The Kier molecular flexibility index (Phi) is 7.57. The van der Waals surface area contributed by atoms with Crippen molar-refractivity contribution >= 4 is 11.7 Å². The summed E-state index contributed by atoms with van der Waals surface area (Å²) in [6.07, 6.45) is -3.53. The number of anilines is 1. The Morgan fingerprint density at radius 3 is 2.53 bits per heavy atom. The zero-order valence-corrected chi connectivity index (χ0v) is 20.9. The van der Waals surface area contributed by atoms with E-state index in [2.05, 4.69) is 20.6 Å². The highest BCUT2D eigenvalue weighted by atomic mass is 19.4. The molecular formula is C27H30F3N5O3. The Hall–Kier alpha value is -3.57. The zero-order chi connectivity index (χ0) is 26.7. The smallest absolute Gasteiger partial charge is 0.410 e. The molecule has 3 unspecified atom stereocenters. The molecule has 3 atom stereocenters. The van der Waals surface area contributed by atoms with Gasteiger partial charge in [0.25, 0.3) is 5.91 Å². The van der Waals surface area contributed by atoms with Crippen LogP contribution >= 0.6 is 0 Å². The first-order valence-corrected chi connectivity index (χ1v) is 12.5. The van der Waals surface area contributed by atoms with Crippen molar-refractivity contribution in [1.29, 1.82) is 0 Å². The minimum absolute atomic E-state index is 0.0669. The van der Waals surface area contributed by atoms with Crippen LogP contribution in [0.25, 0.3) is 0 Å². The van der Waals surface area contributed by atoms with Crippen LogP contribution in [-0.4, -0.2) is 66.7 Å². The monoisotopic (exact) mass is 529 g/mol. The van der Waals surface area contributed by atoms with Crippen molar-refractivity contribution < 1.29 is 27.4 Å². The third kappa shape index (κ3) is 5.48. The zero-order valence-electron chi connectivity index (χ0n) is 20.9. The highest BCUT2D eigenvalue weighted by Gasteiger charge is 2.47. The lowest BCUT2D eigenvalue weighted by Crippen LogP contribution is -2.44. The number of fused-ring (bicyclic) bond motifs is 1. The van der Waals surface area contributed by atoms with Crippen molar-refractivity contribution in [3.63, 3.8) is 0 Å². The molecule has 2 N–H and O–H groups in total. The summed E-state index contributed by atoms with van der Waals surface area (Å²) < 4.78 is 53.7. The summed E-state index contributed by atoms with van der Waals surface area (Å²) in [5, 5.41) is 10.1. The number of nitrogens with one attached hydrogen (secondary N) is 2. The van der Waals surface area contributed by atoms with Gasteiger partial charge in [-0.3, -0.25) is 9.69 Å². The summed E-state index contributed by atoms with van der Waals surface area (Å²) in [7, 11) is 1.60. The quantitative estimate of drug-likeness (QED) is 0.474. The Labute approximate surface area is 218 Å². The van der Waals surface area contributed by atoms with Gasteiger partial charge in [0.15, 0.2) is 6.04 Å². The summed E-state index contributed by atoms with van der Waals surface area (Å²) in [5.41, 5.74) is 1.78. The van der Waals surface area contributed by atoms with E-state index in [-0.39, 0.29) is 30.4 Å². The number of ether oxygens (including phenoxy) is 2. The van der Waals surface area contributed by atoms with E-state index < -0.39 is 24.2 Å². The molecule has 0 bridgehead atoms. The van der Waals surface area contributed by atoms with Gasteiger partial charge < -0.3 is 20.1 Å². The van der Waals surface area contributed by atoms with Crippen molar-refractivity contribution in [1.82, 2.24) is 20.0 Å². The maximum Gasteiger partial charge on any atom is 0.410 e. The van der Waals surface area contributed by atoms with E-state index in [0.717, 1.165) is 16.0 Å². The predicted octanol–water partition coefficient (Wildman–Crippen LogP) is 4.36. The van der Waals surface area contributed by atoms with Crippen molar-refractivity contribution in [2.24, 2.45) is 0 Å². The topological polar surface area (TPSA) is 80.6 Å². The van der Waals surface area contributed by atoms with Crippen LogP contribution in [0.3, 0.4) is 0 Å². The molecule has 2 aliphatic rings. The van der Waals surface area contributed by atoms with Gasteiger partial charge in [-0.05, 0) is 23.3 Å². The first-order chi connectivity index (χ1) is 18.3. The van der Waals surface area contributed by atoms with E-state index in [4.69, 9.17) is 9.47 Å². The number of nitrogens with zero attached hydrogens (tertiary/aromatic N) is 3. The Morgan fingerprint density at radius 1 is 1.16 bits per heavy atom. The number of alkyl halides is 3. The number of aromatic nitrogens is 2. The van der Waals surface area contributed by atoms with Crippen LogP contribution in [0.5, 0.6) is 5.75 Å². The summed E-state index contributed by atoms with van der Waals surface area (Å²) >= 11 is 0. The third-order valence-electron chi connectivity index (χ3n) is 7.13. The van der Waals surface area contributed by atoms with Gasteiger partial charge in [-0.15, -0.1) is 0 Å². The molecule has 2 aliphatic heterocycles. The van der Waals surface area contributed by atoms with Crippen LogP contribution in [0.15, 0.2) is 60.8 Å². The van der Waals surface area contributed by atoms with Gasteiger partial charge >= 0.3 is 6.18 Å². The molecule has 0 saturated carbocycles. The lowest BCUT2D eigenvalue weighted by atomic mass is 9.96. The van der Waals surface area contributed by atoms with E-state index in [1.807, 2.05) is 30.3 Å². The summed E-state index contributed by atoms with van der Waals surface area (Å²) in [5.74, 6) is 0.306. The third-order valence-corrected chi connectivity index (χ3v) is 7.13. The molecule has 3 aromatic rings. The fraction of sp³-hybridized carbons (Fsp3) is 0.407. The van der Waals surface area contributed by atoms with Gasteiger partial charge in [0.1, 0.15) is 17.1 Å². The Bertz CT molecular complexity index is 1230.